The van der Waals surface area contributed by atoms with Gasteiger partial charge in [-0.25, -0.2) is 19.2 Å². The SMILES string of the molecule is O=C(OC[C@H]1O[C@@H](n2ncc(Cl)nc2=O)[C@H](OC(=O)c2ccccc2)[C@H]1OC(=O)c1ccccc1)c1ccccc1. The van der Waals surface area contributed by atoms with Crippen molar-refractivity contribution in [2.45, 2.75) is 24.5 Å². The summed E-state index contributed by atoms with van der Waals surface area (Å²) < 4.78 is 23.9. The van der Waals surface area contributed by atoms with Gasteiger partial charge in [0.05, 0.1) is 22.9 Å². The highest BCUT2D eigenvalue weighted by molar-refractivity contribution is 6.29. The van der Waals surface area contributed by atoms with E-state index in [1.54, 1.807) is 78.9 Å². The van der Waals surface area contributed by atoms with E-state index in [0.29, 0.717) is 0 Å². The number of carbonyl (C=O) groups is 3. The van der Waals surface area contributed by atoms with Crippen molar-refractivity contribution in [1.29, 1.82) is 0 Å². The largest absolute Gasteiger partial charge is 0.459 e. The predicted octanol–water partition coefficient (Wildman–Crippen LogP) is 3.50. The normalized spacial score (nSPS) is 19.7. The number of halogens is 1. The topological polar surface area (TPSA) is 136 Å². The van der Waals surface area contributed by atoms with Gasteiger partial charge in [-0.05, 0) is 36.4 Å². The first-order chi connectivity index (χ1) is 19.9. The van der Waals surface area contributed by atoms with Gasteiger partial charge in [-0.2, -0.15) is 14.8 Å². The minimum atomic E-state index is -1.41. The predicted molar refractivity (Wildman–Crippen MR) is 143 cm³/mol. The summed E-state index contributed by atoms with van der Waals surface area (Å²) in [5.41, 5.74) is -0.203. The van der Waals surface area contributed by atoms with E-state index in [0.717, 1.165) is 10.9 Å². The molecule has 0 spiro atoms. The Labute approximate surface area is 238 Å². The monoisotopic (exact) mass is 575 g/mol. The molecule has 4 aromatic rings. The van der Waals surface area contributed by atoms with Gasteiger partial charge in [-0.1, -0.05) is 66.2 Å². The average molecular weight is 576 g/mol. The molecule has 0 amide bonds. The van der Waals surface area contributed by atoms with E-state index in [9.17, 15) is 19.2 Å². The zero-order chi connectivity index (χ0) is 28.8. The van der Waals surface area contributed by atoms with Crippen LogP contribution in [0, 0.1) is 0 Å². The van der Waals surface area contributed by atoms with E-state index in [1.807, 2.05) is 0 Å². The van der Waals surface area contributed by atoms with Crippen molar-refractivity contribution < 1.29 is 33.3 Å². The summed E-state index contributed by atoms with van der Waals surface area (Å²) in [6.07, 6.45) is -4.19. The third kappa shape index (κ3) is 6.48. The molecule has 0 aliphatic carbocycles. The van der Waals surface area contributed by atoms with E-state index < -0.39 is 54.7 Å². The summed E-state index contributed by atoms with van der Waals surface area (Å²) in [6, 6.07) is 24.4. The van der Waals surface area contributed by atoms with Crippen molar-refractivity contribution in [3.8, 4) is 0 Å². The molecule has 0 N–H and O–H groups in total. The fourth-order valence-corrected chi connectivity index (χ4v) is 4.28. The van der Waals surface area contributed by atoms with Crippen molar-refractivity contribution in [3.05, 3.63) is 130 Å². The van der Waals surface area contributed by atoms with Gasteiger partial charge in [-0.15, -0.1) is 0 Å². The highest BCUT2D eigenvalue weighted by atomic mass is 35.5. The van der Waals surface area contributed by atoms with E-state index in [2.05, 4.69) is 10.1 Å². The summed E-state index contributed by atoms with van der Waals surface area (Å²) in [5.74, 6) is -2.19. The van der Waals surface area contributed by atoms with Crippen LogP contribution in [-0.4, -0.2) is 57.6 Å². The molecule has 5 rings (SSSR count). The van der Waals surface area contributed by atoms with Crippen LogP contribution in [0.3, 0.4) is 0 Å². The minimum absolute atomic E-state index is 0.164. The van der Waals surface area contributed by atoms with E-state index in [4.69, 9.17) is 30.5 Å². The number of esters is 3. The fourth-order valence-electron chi connectivity index (χ4n) is 4.16. The molecule has 1 fully saturated rings. The number of hydrogen-bond acceptors (Lipinski definition) is 10. The molecule has 208 valence electrons. The first-order valence-electron chi connectivity index (χ1n) is 12.4. The van der Waals surface area contributed by atoms with Crippen molar-refractivity contribution in [3.63, 3.8) is 0 Å². The quantitative estimate of drug-likeness (QED) is 0.227. The lowest BCUT2D eigenvalue weighted by Gasteiger charge is -2.24. The van der Waals surface area contributed by atoms with Crippen LogP contribution in [0.4, 0.5) is 0 Å². The Morgan fingerprint density at radius 1 is 0.756 bits per heavy atom. The molecule has 1 aliphatic heterocycles. The first-order valence-corrected chi connectivity index (χ1v) is 12.8. The molecule has 11 nitrogen and oxygen atoms in total. The Kier molecular flexibility index (Phi) is 8.47. The van der Waals surface area contributed by atoms with Gasteiger partial charge in [0, 0.05) is 0 Å². The number of aromatic nitrogens is 3. The highest BCUT2D eigenvalue weighted by Gasteiger charge is 2.52. The lowest BCUT2D eigenvalue weighted by molar-refractivity contribution is -0.0698. The maximum Gasteiger partial charge on any atom is 0.367 e. The fraction of sp³-hybridized carbons (Fsp3) is 0.172. The van der Waals surface area contributed by atoms with Crippen LogP contribution >= 0.6 is 11.6 Å². The smallest absolute Gasteiger partial charge is 0.367 e. The molecule has 2 heterocycles. The number of rotatable bonds is 8. The van der Waals surface area contributed by atoms with Crippen molar-refractivity contribution >= 4 is 29.5 Å². The summed E-state index contributed by atoms with van der Waals surface area (Å²) in [4.78, 5) is 55.3. The standard InChI is InChI=1S/C29H22ClN3O8/c30-22-16-31-33(29(37)32-22)25-24(41-28(36)20-14-8-3-9-15-20)23(40-27(35)19-12-6-2-7-13-19)21(39-25)17-38-26(34)18-10-4-1-5-11-18/h1-16,21,23-25H,17H2/t21-,23+,24-,25-/m1/s1. The van der Waals surface area contributed by atoms with Gasteiger partial charge in [0.25, 0.3) is 0 Å². The van der Waals surface area contributed by atoms with Gasteiger partial charge in [0.1, 0.15) is 12.7 Å². The summed E-state index contributed by atoms with van der Waals surface area (Å²) in [5, 5.41) is 3.82. The zero-order valence-corrected chi connectivity index (χ0v) is 22.0. The van der Waals surface area contributed by atoms with Crippen LogP contribution in [0.5, 0.6) is 0 Å². The van der Waals surface area contributed by atoms with Crippen LogP contribution in [-0.2, 0) is 18.9 Å². The third-order valence-corrected chi connectivity index (χ3v) is 6.29. The molecule has 1 aromatic heterocycles. The van der Waals surface area contributed by atoms with Crippen molar-refractivity contribution in [2.24, 2.45) is 0 Å². The molecular formula is C29H22ClN3O8. The van der Waals surface area contributed by atoms with Gasteiger partial charge >= 0.3 is 23.6 Å². The van der Waals surface area contributed by atoms with Crippen molar-refractivity contribution in [1.82, 2.24) is 14.8 Å². The summed E-state index contributed by atoms with van der Waals surface area (Å²) in [6.45, 7) is -0.411. The summed E-state index contributed by atoms with van der Waals surface area (Å²) >= 11 is 5.82. The Morgan fingerprint density at radius 2 is 1.24 bits per heavy atom. The molecule has 1 saturated heterocycles. The Bertz CT molecular complexity index is 1580. The Hall–Kier alpha value is -4.87. The number of nitrogens with zero attached hydrogens (tertiary/aromatic N) is 3. The maximum absolute atomic E-state index is 13.1. The van der Waals surface area contributed by atoms with E-state index in [-0.39, 0.29) is 21.8 Å². The maximum atomic E-state index is 13.1. The van der Waals surface area contributed by atoms with Gasteiger partial charge < -0.3 is 18.9 Å². The lowest BCUT2D eigenvalue weighted by atomic mass is 10.1. The Balaban J connectivity index is 1.49. The molecule has 12 heteroatoms. The molecule has 0 radical (unpaired) electrons. The van der Waals surface area contributed by atoms with E-state index >= 15 is 0 Å². The second-order valence-electron chi connectivity index (χ2n) is 8.81. The minimum Gasteiger partial charge on any atom is -0.459 e. The van der Waals surface area contributed by atoms with Crippen LogP contribution < -0.4 is 5.69 Å². The van der Waals surface area contributed by atoms with Crippen LogP contribution in [0.2, 0.25) is 5.15 Å². The molecule has 0 saturated carbocycles. The molecule has 0 bridgehead atoms. The average Bonchev–Trinajstić information content (AvgIpc) is 3.33. The van der Waals surface area contributed by atoms with Gasteiger partial charge in [0.2, 0.25) is 0 Å². The number of ether oxygens (including phenoxy) is 4. The number of benzene rings is 3. The Morgan fingerprint density at radius 3 is 1.76 bits per heavy atom. The second-order valence-corrected chi connectivity index (χ2v) is 9.19. The zero-order valence-electron chi connectivity index (χ0n) is 21.2. The van der Waals surface area contributed by atoms with E-state index in [1.165, 1.54) is 12.1 Å². The number of hydrogen-bond donors (Lipinski definition) is 0. The summed E-state index contributed by atoms with van der Waals surface area (Å²) in [7, 11) is 0. The molecule has 0 unspecified atom stereocenters. The van der Waals surface area contributed by atoms with Gasteiger partial charge in [0.15, 0.2) is 23.6 Å². The van der Waals surface area contributed by atoms with Crippen LogP contribution in [0.1, 0.15) is 37.3 Å². The molecule has 4 atom stereocenters. The lowest BCUT2D eigenvalue weighted by Crippen LogP contribution is -2.43. The third-order valence-electron chi connectivity index (χ3n) is 6.11. The van der Waals surface area contributed by atoms with Crippen molar-refractivity contribution in [2.75, 3.05) is 6.61 Å². The molecule has 3 aromatic carbocycles. The highest BCUT2D eigenvalue weighted by Crippen LogP contribution is 2.34. The molecular weight excluding hydrogens is 554 g/mol. The second kappa shape index (κ2) is 12.5. The van der Waals surface area contributed by atoms with Crippen LogP contribution in [0.25, 0.3) is 0 Å². The molecule has 41 heavy (non-hydrogen) atoms. The first kappa shape index (κ1) is 27.7. The number of carbonyl (C=O) groups excluding carboxylic acids is 3. The molecule has 1 aliphatic rings. The van der Waals surface area contributed by atoms with Gasteiger partial charge in [-0.3, -0.25) is 0 Å². The van der Waals surface area contributed by atoms with Crippen LogP contribution in [0.15, 0.2) is 102 Å².